The van der Waals surface area contributed by atoms with Crippen LogP contribution in [0.15, 0.2) is 24.3 Å². The van der Waals surface area contributed by atoms with Crippen LogP contribution in [0.4, 0.5) is 0 Å². The number of phenols is 1. The maximum atomic E-state index is 12.7. The van der Waals surface area contributed by atoms with E-state index in [9.17, 15) is 44.1 Å². The largest absolute Gasteiger partial charge is 0.508 e. The molecule has 0 bridgehead atoms. The number of carboxylic acid groups (broad SMARTS) is 2. The summed E-state index contributed by atoms with van der Waals surface area (Å²) in [4.78, 5) is 74.2. The van der Waals surface area contributed by atoms with Crippen molar-refractivity contribution in [2.24, 2.45) is 5.73 Å². The van der Waals surface area contributed by atoms with Crippen molar-refractivity contribution in [2.45, 2.75) is 69.7 Å². The number of aromatic hydroxyl groups is 1. The average molecular weight is 536 g/mol. The van der Waals surface area contributed by atoms with Gasteiger partial charge in [0.05, 0.1) is 12.5 Å². The molecule has 0 spiro atoms. The molecule has 2 rings (SSSR count). The Hall–Kier alpha value is -4.20. The van der Waals surface area contributed by atoms with Crippen molar-refractivity contribution in [1.82, 2.24) is 20.9 Å². The molecule has 0 aromatic heterocycles. The lowest BCUT2D eigenvalue weighted by Gasteiger charge is -2.26. The number of nitrogens with zero attached hydrogens (tertiary/aromatic N) is 1. The fraction of sp³-hybridized carbons (Fsp3) is 0.500. The summed E-state index contributed by atoms with van der Waals surface area (Å²) in [6.45, 7) is 2.93. The van der Waals surface area contributed by atoms with Crippen molar-refractivity contribution in [3.8, 4) is 5.75 Å². The maximum Gasteiger partial charge on any atom is 0.326 e. The number of phenolic OH excluding ortho intramolecular Hbond substituents is 1. The van der Waals surface area contributed by atoms with Gasteiger partial charge in [0, 0.05) is 6.54 Å². The summed E-state index contributed by atoms with van der Waals surface area (Å²) in [5.41, 5.74) is 6.52. The fourth-order valence-electron chi connectivity index (χ4n) is 3.96. The van der Waals surface area contributed by atoms with Crippen molar-refractivity contribution in [3.63, 3.8) is 0 Å². The summed E-state index contributed by atoms with van der Waals surface area (Å²) < 4.78 is 0. The van der Waals surface area contributed by atoms with Gasteiger partial charge in [-0.1, -0.05) is 12.1 Å². The van der Waals surface area contributed by atoms with Gasteiger partial charge in [0.15, 0.2) is 0 Å². The van der Waals surface area contributed by atoms with E-state index in [0.717, 1.165) is 0 Å². The molecule has 5 atom stereocenters. The minimum atomic E-state index is -1.54. The van der Waals surface area contributed by atoms with Crippen molar-refractivity contribution in [2.75, 3.05) is 6.54 Å². The van der Waals surface area contributed by atoms with E-state index in [1.807, 2.05) is 0 Å². The molecule has 0 saturated carbocycles. The number of likely N-dealkylation sites (tertiary alicyclic amines) is 1. The van der Waals surface area contributed by atoms with Gasteiger partial charge in [-0.15, -0.1) is 0 Å². The standard InChI is InChI=1S/C24H33N5O9/c1-12(20(33)27-13(2)23(36)29-9-3-4-18(29)24(37)38)26-22(35)17(11-19(31)32)28-21(34)16(25)10-14-5-7-15(30)8-6-14/h5-8,12-13,16-18,30H,3-4,9-11,25H2,1-2H3,(H,26,35)(H,27,33)(H,28,34)(H,31,32)(H,37,38)/t12-,13-,16-,17-,18-/m0/s1. The molecule has 0 aliphatic carbocycles. The molecule has 1 saturated heterocycles. The highest BCUT2D eigenvalue weighted by molar-refractivity contribution is 5.96. The Labute approximate surface area is 218 Å². The number of hydrogen-bond donors (Lipinski definition) is 7. The van der Waals surface area contributed by atoms with E-state index in [1.165, 1.54) is 30.9 Å². The fourth-order valence-corrected chi connectivity index (χ4v) is 3.96. The third-order valence-electron chi connectivity index (χ3n) is 6.04. The Morgan fingerprint density at radius 3 is 2.13 bits per heavy atom. The number of rotatable bonds is 12. The highest BCUT2D eigenvalue weighted by Crippen LogP contribution is 2.18. The lowest BCUT2D eigenvalue weighted by molar-refractivity contribution is -0.149. The summed E-state index contributed by atoms with van der Waals surface area (Å²) in [6, 6.07) is 0.00835. The Balaban J connectivity index is 1.95. The normalized spacial score (nSPS) is 18.0. The molecule has 1 heterocycles. The van der Waals surface area contributed by atoms with E-state index in [1.54, 1.807) is 12.1 Å². The van der Waals surface area contributed by atoms with Gasteiger partial charge in [-0.25, -0.2) is 4.79 Å². The summed E-state index contributed by atoms with van der Waals surface area (Å²) in [5.74, 6) is -5.59. The van der Waals surface area contributed by atoms with Crippen LogP contribution in [0.2, 0.25) is 0 Å². The zero-order chi connectivity index (χ0) is 28.6. The van der Waals surface area contributed by atoms with Gasteiger partial charge in [-0.2, -0.15) is 0 Å². The van der Waals surface area contributed by atoms with Crippen molar-refractivity contribution in [1.29, 1.82) is 0 Å². The van der Waals surface area contributed by atoms with Crippen LogP contribution >= 0.6 is 0 Å². The van der Waals surface area contributed by atoms with Crippen molar-refractivity contribution in [3.05, 3.63) is 29.8 Å². The summed E-state index contributed by atoms with van der Waals surface area (Å²) in [5, 5.41) is 34.8. The molecule has 1 aliphatic rings. The molecule has 8 N–H and O–H groups in total. The quantitative estimate of drug-likeness (QED) is 0.160. The predicted molar refractivity (Wildman–Crippen MR) is 132 cm³/mol. The van der Waals surface area contributed by atoms with Crippen LogP contribution in [0.25, 0.3) is 0 Å². The summed E-state index contributed by atoms with van der Waals surface area (Å²) in [6.07, 6.45) is 0.102. The molecule has 1 aromatic carbocycles. The SMILES string of the molecule is C[C@H](NC(=O)[C@H](CC(=O)O)NC(=O)[C@@H](N)Cc1ccc(O)cc1)C(=O)N[C@@H](C)C(=O)N1CCC[C@H]1C(=O)O. The number of nitrogens with two attached hydrogens (primary N) is 1. The average Bonchev–Trinajstić information content (AvgIpc) is 3.34. The number of benzene rings is 1. The van der Waals surface area contributed by atoms with Gasteiger partial charge < -0.3 is 41.9 Å². The smallest absolute Gasteiger partial charge is 0.326 e. The molecule has 38 heavy (non-hydrogen) atoms. The molecular formula is C24H33N5O9. The first-order valence-electron chi connectivity index (χ1n) is 12.0. The van der Waals surface area contributed by atoms with Gasteiger partial charge in [-0.05, 0) is 50.8 Å². The number of carbonyl (C=O) groups excluding carboxylic acids is 4. The number of aliphatic carboxylic acids is 2. The molecule has 4 amide bonds. The van der Waals surface area contributed by atoms with Crippen LogP contribution in [0.5, 0.6) is 5.75 Å². The topological polar surface area (TPSA) is 228 Å². The van der Waals surface area contributed by atoms with Gasteiger partial charge >= 0.3 is 11.9 Å². The molecule has 208 valence electrons. The van der Waals surface area contributed by atoms with Crippen LogP contribution < -0.4 is 21.7 Å². The number of nitrogens with one attached hydrogen (secondary N) is 3. The first kappa shape index (κ1) is 30.0. The highest BCUT2D eigenvalue weighted by atomic mass is 16.4. The zero-order valence-electron chi connectivity index (χ0n) is 21.0. The van der Waals surface area contributed by atoms with E-state index in [-0.39, 0.29) is 18.7 Å². The minimum absolute atomic E-state index is 0.0300. The highest BCUT2D eigenvalue weighted by Gasteiger charge is 2.37. The summed E-state index contributed by atoms with van der Waals surface area (Å²) in [7, 11) is 0. The Morgan fingerprint density at radius 1 is 0.947 bits per heavy atom. The molecule has 14 nitrogen and oxygen atoms in total. The number of hydrogen-bond acceptors (Lipinski definition) is 8. The number of carboxylic acids is 2. The number of amides is 4. The Bertz CT molecular complexity index is 1060. The molecule has 1 aromatic rings. The Morgan fingerprint density at radius 2 is 1.55 bits per heavy atom. The zero-order valence-corrected chi connectivity index (χ0v) is 21.0. The lowest BCUT2D eigenvalue weighted by Crippen LogP contribution is -2.57. The molecular weight excluding hydrogens is 502 g/mol. The van der Waals surface area contributed by atoms with Gasteiger partial charge in [0.25, 0.3) is 0 Å². The predicted octanol–water partition coefficient (Wildman–Crippen LogP) is -1.69. The first-order chi connectivity index (χ1) is 17.8. The third-order valence-corrected chi connectivity index (χ3v) is 6.04. The molecule has 0 radical (unpaired) electrons. The van der Waals surface area contributed by atoms with Crippen LogP contribution in [0.1, 0.15) is 38.7 Å². The summed E-state index contributed by atoms with van der Waals surface area (Å²) >= 11 is 0. The van der Waals surface area contributed by atoms with Crippen LogP contribution in [-0.2, 0) is 35.2 Å². The van der Waals surface area contributed by atoms with Crippen LogP contribution in [-0.4, -0.2) is 92.5 Å². The Kier molecular flexibility index (Phi) is 10.6. The van der Waals surface area contributed by atoms with Gasteiger partial charge in [0.2, 0.25) is 23.6 Å². The van der Waals surface area contributed by atoms with E-state index < -0.39 is 72.2 Å². The molecule has 1 aliphatic heterocycles. The second kappa shape index (κ2) is 13.4. The number of carbonyl (C=O) groups is 6. The monoisotopic (exact) mass is 535 g/mol. The second-order valence-electron chi connectivity index (χ2n) is 9.12. The molecule has 1 fully saturated rings. The van der Waals surface area contributed by atoms with Crippen LogP contribution in [0, 0.1) is 0 Å². The van der Waals surface area contributed by atoms with Gasteiger partial charge in [-0.3, -0.25) is 24.0 Å². The van der Waals surface area contributed by atoms with Crippen molar-refractivity contribution >= 4 is 35.6 Å². The second-order valence-corrected chi connectivity index (χ2v) is 9.12. The lowest BCUT2D eigenvalue weighted by atomic mass is 10.0. The van der Waals surface area contributed by atoms with Crippen LogP contribution in [0.3, 0.4) is 0 Å². The minimum Gasteiger partial charge on any atom is -0.508 e. The van der Waals surface area contributed by atoms with E-state index >= 15 is 0 Å². The molecule has 0 unspecified atom stereocenters. The molecule has 14 heteroatoms. The van der Waals surface area contributed by atoms with Gasteiger partial charge in [0.1, 0.15) is 29.9 Å². The van der Waals surface area contributed by atoms with E-state index in [2.05, 4.69) is 16.0 Å². The maximum absolute atomic E-state index is 12.7. The van der Waals surface area contributed by atoms with Crippen molar-refractivity contribution < 1.29 is 44.1 Å². The van der Waals surface area contributed by atoms with E-state index in [0.29, 0.717) is 18.4 Å². The first-order valence-corrected chi connectivity index (χ1v) is 12.0. The third kappa shape index (κ3) is 8.44. The van der Waals surface area contributed by atoms with E-state index in [4.69, 9.17) is 5.73 Å².